The van der Waals surface area contributed by atoms with Gasteiger partial charge in [0, 0.05) is 4.88 Å². The fourth-order valence-corrected chi connectivity index (χ4v) is 5.05. The molecule has 4 rings (SSSR count). The number of hydrogen-bond donors (Lipinski definition) is 0. The van der Waals surface area contributed by atoms with Gasteiger partial charge in [-0.3, -0.25) is 9.36 Å². The summed E-state index contributed by atoms with van der Waals surface area (Å²) in [6.07, 6.45) is 9.89. The predicted octanol–water partition coefficient (Wildman–Crippen LogP) is 3.38. The summed E-state index contributed by atoms with van der Waals surface area (Å²) in [6, 6.07) is -0.631. The molecule has 0 aromatic carbocycles. The molecule has 0 aliphatic heterocycles. The third-order valence-electron chi connectivity index (χ3n) is 5.24. The van der Waals surface area contributed by atoms with Crippen LogP contribution in [0.15, 0.2) is 11.1 Å². The SMILES string of the molecule is C[C@@H](C(=O)OC1CCCCC1)n1cnc2sc3c(c2c1=O)CCC3. The van der Waals surface area contributed by atoms with Crippen molar-refractivity contribution >= 4 is 27.5 Å². The molecule has 1 atom stereocenters. The van der Waals surface area contributed by atoms with Gasteiger partial charge in [-0.2, -0.15) is 0 Å². The summed E-state index contributed by atoms with van der Waals surface area (Å²) in [6.45, 7) is 1.73. The molecule has 0 bridgehead atoms. The lowest BCUT2D eigenvalue weighted by molar-refractivity contribution is -0.154. The van der Waals surface area contributed by atoms with Crippen molar-refractivity contribution in [2.45, 2.75) is 70.4 Å². The van der Waals surface area contributed by atoms with E-state index in [1.165, 1.54) is 22.2 Å². The van der Waals surface area contributed by atoms with E-state index in [-0.39, 0.29) is 17.6 Å². The standard InChI is InChI=1S/C18H22N2O3S/c1-11(18(22)23-12-6-3-2-4-7-12)20-10-19-16-15(17(20)21)13-8-5-9-14(13)24-16/h10-12H,2-9H2,1H3/t11-/m0/s1. The van der Waals surface area contributed by atoms with Gasteiger partial charge in [0.15, 0.2) is 0 Å². The Labute approximate surface area is 144 Å². The molecule has 1 fully saturated rings. The molecule has 0 amide bonds. The number of thiophene rings is 1. The molecular weight excluding hydrogens is 324 g/mol. The topological polar surface area (TPSA) is 61.2 Å². The Kier molecular flexibility index (Phi) is 4.16. The van der Waals surface area contributed by atoms with Crippen LogP contribution in [-0.4, -0.2) is 21.6 Å². The Morgan fingerprint density at radius 3 is 2.88 bits per heavy atom. The molecule has 0 saturated heterocycles. The highest BCUT2D eigenvalue weighted by molar-refractivity contribution is 7.18. The van der Waals surface area contributed by atoms with Crippen LogP contribution < -0.4 is 5.56 Å². The van der Waals surface area contributed by atoms with Crippen LogP contribution in [0.3, 0.4) is 0 Å². The third-order valence-corrected chi connectivity index (χ3v) is 6.44. The van der Waals surface area contributed by atoms with Crippen LogP contribution in [-0.2, 0) is 22.4 Å². The molecule has 5 nitrogen and oxygen atoms in total. The van der Waals surface area contributed by atoms with Crippen LogP contribution in [0.5, 0.6) is 0 Å². The van der Waals surface area contributed by atoms with E-state index in [9.17, 15) is 9.59 Å². The van der Waals surface area contributed by atoms with E-state index in [2.05, 4.69) is 4.98 Å². The van der Waals surface area contributed by atoms with E-state index in [0.717, 1.165) is 55.3 Å². The van der Waals surface area contributed by atoms with Crippen molar-refractivity contribution in [3.05, 3.63) is 27.1 Å². The zero-order valence-corrected chi connectivity index (χ0v) is 14.7. The fourth-order valence-electron chi connectivity index (χ4n) is 3.83. The monoisotopic (exact) mass is 346 g/mol. The molecule has 2 aromatic rings. The van der Waals surface area contributed by atoms with Gasteiger partial charge >= 0.3 is 5.97 Å². The van der Waals surface area contributed by atoms with Crippen LogP contribution in [0.1, 0.15) is 61.9 Å². The molecule has 6 heteroatoms. The molecule has 2 aliphatic rings. The second-order valence-corrected chi connectivity index (χ2v) is 7.95. The van der Waals surface area contributed by atoms with Gasteiger partial charge in [-0.25, -0.2) is 9.78 Å². The number of fused-ring (bicyclic) bond motifs is 3. The van der Waals surface area contributed by atoms with Crippen molar-refractivity contribution in [3.63, 3.8) is 0 Å². The van der Waals surface area contributed by atoms with Crippen LogP contribution in [0.2, 0.25) is 0 Å². The quantitative estimate of drug-likeness (QED) is 0.799. The van der Waals surface area contributed by atoms with Crippen molar-refractivity contribution in [2.24, 2.45) is 0 Å². The maximum Gasteiger partial charge on any atom is 0.329 e. The van der Waals surface area contributed by atoms with Crippen molar-refractivity contribution in [1.82, 2.24) is 9.55 Å². The van der Waals surface area contributed by atoms with Gasteiger partial charge in [0.25, 0.3) is 5.56 Å². The first-order chi connectivity index (χ1) is 11.6. The predicted molar refractivity (Wildman–Crippen MR) is 93.6 cm³/mol. The molecule has 2 aromatic heterocycles. The van der Waals surface area contributed by atoms with Crippen LogP contribution in [0, 0.1) is 0 Å². The Hall–Kier alpha value is -1.69. The van der Waals surface area contributed by atoms with E-state index in [4.69, 9.17) is 4.74 Å². The summed E-state index contributed by atoms with van der Waals surface area (Å²) in [5.74, 6) is -0.322. The van der Waals surface area contributed by atoms with E-state index < -0.39 is 6.04 Å². The second kappa shape index (κ2) is 6.31. The molecule has 2 aliphatic carbocycles. The van der Waals surface area contributed by atoms with Gasteiger partial charge in [-0.1, -0.05) is 6.42 Å². The van der Waals surface area contributed by atoms with Gasteiger partial charge < -0.3 is 4.74 Å². The maximum absolute atomic E-state index is 12.9. The molecule has 2 heterocycles. The van der Waals surface area contributed by atoms with Crippen LogP contribution in [0.25, 0.3) is 10.2 Å². The first kappa shape index (κ1) is 15.8. The summed E-state index contributed by atoms with van der Waals surface area (Å²) in [7, 11) is 0. The minimum Gasteiger partial charge on any atom is -0.461 e. The number of esters is 1. The van der Waals surface area contributed by atoms with Gasteiger partial charge in [0.2, 0.25) is 0 Å². The zero-order valence-electron chi connectivity index (χ0n) is 13.9. The van der Waals surface area contributed by atoms with Crippen LogP contribution in [0.4, 0.5) is 0 Å². The minimum absolute atomic E-state index is 0.00601. The summed E-state index contributed by atoms with van der Waals surface area (Å²) >= 11 is 1.62. The van der Waals surface area contributed by atoms with Crippen molar-refractivity contribution in [2.75, 3.05) is 0 Å². The van der Waals surface area contributed by atoms with Gasteiger partial charge in [0.1, 0.15) is 17.0 Å². The molecule has 0 spiro atoms. The molecule has 24 heavy (non-hydrogen) atoms. The number of carbonyl (C=O) groups is 1. The average Bonchev–Trinajstić information content (AvgIpc) is 3.16. The third kappa shape index (κ3) is 2.66. The highest BCUT2D eigenvalue weighted by Crippen LogP contribution is 2.34. The Morgan fingerprint density at radius 2 is 2.08 bits per heavy atom. The van der Waals surface area contributed by atoms with E-state index in [0.29, 0.717) is 5.39 Å². The van der Waals surface area contributed by atoms with E-state index in [1.54, 1.807) is 18.3 Å². The highest BCUT2D eigenvalue weighted by atomic mass is 32.1. The summed E-state index contributed by atoms with van der Waals surface area (Å²) in [4.78, 5) is 31.9. The smallest absolute Gasteiger partial charge is 0.329 e. The molecule has 0 radical (unpaired) electrons. The van der Waals surface area contributed by atoms with Gasteiger partial charge in [-0.15, -0.1) is 11.3 Å². The van der Waals surface area contributed by atoms with Crippen molar-refractivity contribution in [3.8, 4) is 0 Å². The van der Waals surface area contributed by atoms with E-state index >= 15 is 0 Å². The molecule has 1 saturated carbocycles. The molecule has 128 valence electrons. The second-order valence-electron chi connectivity index (χ2n) is 6.87. The molecule has 0 N–H and O–H groups in total. The van der Waals surface area contributed by atoms with Crippen LogP contribution >= 0.6 is 11.3 Å². The lowest BCUT2D eigenvalue weighted by Gasteiger charge is -2.24. The Morgan fingerprint density at radius 1 is 1.29 bits per heavy atom. The largest absolute Gasteiger partial charge is 0.461 e. The lowest BCUT2D eigenvalue weighted by atomic mass is 9.98. The van der Waals surface area contributed by atoms with Gasteiger partial charge in [-0.05, 0) is 57.4 Å². The first-order valence-corrected chi connectivity index (χ1v) is 9.68. The number of rotatable bonds is 3. The summed E-state index contributed by atoms with van der Waals surface area (Å²) < 4.78 is 7.07. The zero-order chi connectivity index (χ0) is 16.7. The van der Waals surface area contributed by atoms with Gasteiger partial charge in [0.05, 0.1) is 11.7 Å². The number of ether oxygens (including phenoxy) is 1. The fraction of sp³-hybridized carbons (Fsp3) is 0.611. The minimum atomic E-state index is -0.631. The van der Waals surface area contributed by atoms with E-state index in [1.807, 2.05) is 0 Å². The summed E-state index contributed by atoms with van der Waals surface area (Å²) in [5, 5.41) is 0.715. The van der Waals surface area contributed by atoms with Crippen molar-refractivity contribution < 1.29 is 9.53 Å². The number of carbonyl (C=O) groups excluding carboxylic acids is 1. The Bertz CT molecular complexity index is 833. The maximum atomic E-state index is 12.9. The Balaban J connectivity index is 1.62. The highest BCUT2D eigenvalue weighted by Gasteiger charge is 2.26. The summed E-state index contributed by atoms with van der Waals surface area (Å²) in [5.41, 5.74) is 1.04. The number of hydrogen-bond acceptors (Lipinski definition) is 5. The number of aromatic nitrogens is 2. The average molecular weight is 346 g/mol. The molecular formula is C18H22N2O3S. The number of aryl methyl sites for hydroxylation is 2. The first-order valence-electron chi connectivity index (χ1n) is 8.87. The normalized spacial score (nSPS) is 19.4. The van der Waals surface area contributed by atoms with Crippen molar-refractivity contribution in [1.29, 1.82) is 0 Å². The molecule has 0 unspecified atom stereocenters. The number of nitrogens with zero attached hydrogens (tertiary/aromatic N) is 2. The lowest BCUT2D eigenvalue weighted by Crippen LogP contribution is -2.32.